The lowest BCUT2D eigenvalue weighted by atomic mass is 10.1. The van der Waals surface area contributed by atoms with E-state index in [4.69, 9.17) is 17.3 Å². The first kappa shape index (κ1) is 12.2. The maximum atomic E-state index is 12.2. The molecule has 1 aromatic carbocycles. The van der Waals surface area contributed by atoms with Gasteiger partial charge in [0, 0.05) is 18.7 Å². The van der Waals surface area contributed by atoms with E-state index in [1.807, 2.05) is 11.8 Å². The second kappa shape index (κ2) is 4.96. The first-order valence-corrected chi connectivity index (χ1v) is 6.34. The SMILES string of the molecule is CCN(CC1CC1)C(=O)c1ccc(N)c(Cl)c1. The fourth-order valence-electron chi connectivity index (χ4n) is 1.81. The van der Waals surface area contributed by atoms with Crippen molar-refractivity contribution >= 4 is 23.2 Å². The lowest BCUT2D eigenvalue weighted by molar-refractivity contribution is 0.0757. The van der Waals surface area contributed by atoms with Crippen LogP contribution in [0.3, 0.4) is 0 Å². The number of hydrogen-bond acceptors (Lipinski definition) is 2. The summed E-state index contributed by atoms with van der Waals surface area (Å²) in [7, 11) is 0. The summed E-state index contributed by atoms with van der Waals surface area (Å²) in [6, 6.07) is 5.06. The van der Waals surface area contributed by atoms with Crippen LogP contribution in [-0.4, -0.2) is 23.9 Å². The fourth-order valence-corrected chi connectivity index (χ4v) is 1.99. The van der Waals surface area contributed by atoms with Crippen LogP contribution in [0.15, 0.2) is 18.2 Å². The summed E-state index contributed by atoms with van der Waals surface area (Å²) in [6.45, 7) is 3.59. The number of nitrogens with zero attached hydrogens (tertiary/aromatic N) is 1. The van der Waals surface area contributed by atoms with E-state index < -0.39 is 0 Å². The standard InChI is InChI=1S/C13H17ClN2O/c1-2-16(8-9-3-4-9)13(17)10-5-6-12(15)11(14)7-10/h5-7,9H,2-4,8,15H2,1H3. The Balaban J connectivity index is 2.12. The van der Waals surface area contributed by atoms with Gasteiger partial charge >= 0.3 is 0 Å². The molecular weight excluding hydrogens is 236 g/mol. The molecule has 0 heterocycles. The number of amides is 1. The summed E-state index contributed by atoms with van der Waals surface area (Å²) in [6.07, 6.45) is 2.48. The van der Waals surface area contributed by atoms with Crippen molar-refractivity contribution in [1.82, 2.24) is 4.90 Å². The highest BCUT2D eigenvalue weighted by atomic mass is 35.5. The molecule has 0 radical (unpaired) electrons. The minimum absolute atomic E-state index is 0.0429. The molecule has 2 rings (SSSR count). The molecule has 0 unspecified atom stereocenters. The van der Waals surface area contributed by atoms with Crippen molar-refractivity contribution < 1.29 is 4.79 Å². The van der Waals surface area contributed by atoms with E-state index >= 15 is 0 Å². The number of nitrogens with two attached hydrogens (primary N) is 1. The van der Waals surface area contributed by atoms with Crippen molar-refractivity contribution in [2.24, 2.45) is 5.92 Å². The molecule has 2 N–H and O–H groups in total. The number of hydrogen-bond donors (Lipinski definition) is 1. The summed E-state index contributed by atoms with van der Waals surface area (Å²) >= 11 is 5.93. The average Bonchev–Trinajstić information content (AvgIpc) is 3.12. The van der Waals surface area contributed by atoms with Gasteiger partial charge < -0.3 is 10.6 Å². The average molecular weight is 253 g/mol. The number of anilines is 1. The largest absolute Gasteiger partial charge is 0.398 e. The Hall–Kier alpha value is -1.22. The molecule has 1 fully saturated rings. The van der Waals surface area contributed by atoms with Crippen LogP contribution in [0.25, 0.3) is 0 Å². The third-order valence-corrected chi connectivity index (χ3v) is 3.42. The van der Waals surface area contributed by atoms with Crippen LogP contribution in [0.5, 0.6) is 0 Å². The third kappa shape index (κ3) is 2.91. The van der Waals surface area contributed by atoms with Gasteiger partial charge in [-0.15, -0.1) is 0 Å². The van der Waals surface area contributed by atoms with Crippen LogP contribution in [0, 0.1) is 5.92 Å². The quantitative estimate of drug-likeness (QED) is 0.838. The Bertz CT molecular complexity index is 429. The Morgan fingerprint density at radius 1 is 1.53 bits per heavy atom. The van der Waals surface area contributed by atoms with E-state index in [9.17, 15) is 4.79 Å². The zero-order chi connectivity index (χ0) is 12.4. The molecule has 0 aliphatic heterocycles. The predicted octanol–water partition coefficient (Wildman–Crippen LogP) is 2.79. The third-order valence-electron chi connectivity index (χ3n) is 3.09. The number of benzene rings is 1. The molecule has 4 heteroatoms. The molecule has 3 nitrogen and oxygen atoms in total. The lowest BCUT2D eigenvalue weighted by Gasteiger charge is -2.21. The maximum Gasteiger partial charge on any atom is 0.253 e. The normalized spacial score (nSPS) is 14.7. The van der Waals surface area contributed by atoms with Gasteiger partial charge in [-0.1, -0.05) is 11.6 Å². The minimum atomic E-state index is 0.0429. The van der Waals surface area contributed by atoms with Gasteiger partial charge in [-0.05, 0) is 43.9 Å². The Kier molecular flexibility index (Phi) is 3.57. The lowest BCUT2D eigenvalue weighted by Crippen LogP contribution is -2.32. The van der Waals surface area contributed by atoms with E-state index in [1.165, 1.54) is 12.8 Å². The van der Waals surface area contributed by atoms with Crippen LogP contribution < -0.4 is 5.73 Å². The van der Waals surface area contributed by atoms with Gasteiger partial charge in [0.1, 0.15) is 0 Å². The second-order valence-electron chi connectivity index (χ2n) is 4.52. The van der Waals surface area contributed by atoms with E-state index in [-0.39, 0.29) is 5.91 Å². The Morgan fingerprint density at radius 3 is 2.76 bits per heavy atom. The van der Waals surface area contributed by atoms with E-state index in [0.717, 1.165) is 13.1 Å². The van der Waals surface area contributed by atoms with Crippen molar-refractivity contribution in [2.75, 3.05) is 18.8 Å². The summed E-state index contributed by atoms with van der Waals surface area (Å²) in [5, 5.41) is 0.443. The molecule has 0 bridgehead atoms. The minimum Gasteiger partial charge on any atom is -0.398 e. The summed E-state index contributed by atoms with van der Waals surface area (Å²) in [5.41, 5.74) is 6.76. The molecule has 1 aliphatic rings. The topological polar surface area (TPSA) is 46.3 Å². The van der Waals surface area contributed by atoms with Crippen LogP contribution in [0.2, 0.25) is 5.02 Å². The van der Waals surface area contributed by atoms with Crippen LogP contribution in [0.1, 0.15) is 30.1 Å². The van der Waals surface area contributed by atoms with Gasteiger partial charge in [-0.25, -0.2) is 0 Å². The molecule has 17 heavy (non-hydrogen) atoms. The number of halogens is 1. The number of carbonyl (C=O) groups is 1. The smallest absolute Gasteiger partial charge is 0.253 e. The van der Waals surface area contributed by atoms with Gasteiger partial charge in [0.2, 0.25) is 0 Å². The van der Waals surface area contributed by atoms with Crippen molar-refractivity contribution in [3.63, 3.8) is 0 Å². The fraction of sp³-hybridized carbons (Fsp3) is 0.462. The first-order chi connectivity index (χ1) is 8.11. The van der Waals surface area contributed by atoms with E-state index in [2.05, 4.69) is 0 Å². The highest BCUT2D eigenvalue weighted by Gasteiger charge is 2.26. The van der Waals surface area contributed by atoms with Crippen LogP contribution in [-0.2, 0) is 0 Å². The molecule has 0 saturated heterocycles. The zero-order valence-electron chi connectivity index (χ0n) is 9.95. The molecule has 0 aromatic heterocycles. The molecule has 92 valence electrons. The summed E-state index contributed by atoms with van der Waals surface area (Å²) in [4.78, 5) is 14.1. The van der Waals surface area contributed by atoms with E-state index in [0.29, 0.717) is 22.2 Å². The number of carbonyl (C=O) groups excluding carboxylic acids is 1. The number of rotatable bonds is 4. The predicted molar refractivity (Wildman–Crippen MR) is 70.2 cm³/mol. The molecule has 1 aliphatic carbocycles. The molecule has 1 aromatic rings. The van der Waals surface area contributed by atoms with Crippen molar-refractivity contribution in [2.45, 2.75) is 19.8 Å². The Morgan fingerprint density at radius 2 is 2.24 bits per heavy atom. The monoisotopic (exact) mass is 252 g/mol. The second-order valence-corrected chi connectivity index (χ2v) is 4.93. The van der Waals surface area contributed by atoms with Crippen LogP contribution >= 0.6 is 11.6 Å². The Labute approximate surface area is 107 Å². The van der Waals surface area contributed by atoms with Gasteiger partial charge in [0.05, 0.1) is 10.7 Å². The van der Waals surface area contributed by atoms with Gasteiger partial charge in [0.15, 0.2) is 0 Å². The maximum absolute atomic E-state index is 12.2. The molecular formula is C13H17ClN2O. The summed E-state index contributed by atoms with van der Waals surface area (Å²) < 4.78 is 0. The zero-order valence-corrected chi connectivity index (χ0v) is 10.7. The first-order valence-electron chi connectivity index (χ1n) is 5.96. The molecule has 1 amide bonds. The van der Waals surface area contributed by atoms with Gasteiger partial charge in [0.25, 0.3) is 5.91 Å². The molecule has 0 atom stereocenters. The highest BCUT2D eigenvalue weighted by molar-refractivity contribution is 6.33. The highest BCUT2D eigenvalue weighted by Crippen LogP contribution is 2.30. The van der Waals surface area contributed by atoms with Gasteiger partial charge in [-0.2, -0.15) is 0 Å². The summed E-state index contributed by atoms with van der Waals surface area (Å²) in [5.74, 6) is 0.740. The van der Waals surface area contributed by atoms with Crippen molar-refractivity contribution in [3.05, 3.63) is 28.8 Å². The number of nitrogen functional groups attached to an aromatic ring is 1. The molecule has 0 spiro atoms. The van der Waals surface area contributed by atoms with Crippen molar-refractivity contribution in [1.29, 1.82) is 0 Å². The van der Waals surface area contributed by atoms with Crippen molar-refractivity contribution in [3.8, 4) is 0 Å². The molecule has 1 saturated carbocycles. The van der Waals surface area contributed by atoms with E-state index in [1.54, 1.807) is 18.2 Å². The van der Waals surface area contributed by atoms with Crippen LogP contribution in [0.4, 0.5) is 5.69 Å². The van der Waals surface area contributed by atoms with Gasteiger partial charge in [-0.3, -0.25) is 4.79 Å².